The van der Waals surface area contributed by atoms with Crippen molar-refractivity contribution in [3.63, 3.8) is 0 Å². The second-order valence-electron chi connectivity index (χ2n) is 6.85. The fourth-order valence-electron chi connectivity index (χ4n) is 4.07. The minimum Gasteiger partial charge on any atom is -0.381 e. The topological polar surface area (TPSA) is 21.7 Å². The lowest BCUT2D eigenvalue weighted by Crippen LogP contribution is -2.50. The van der Waals surface area contributed by atoms with Gasteiger partial charge in [0.15, 0.2) is 0 Å². The fourth-order valence-corrected chi connectivity index (χ4v) is 4.07. The average molecular weight is 303 g/mol. The van der Waals surface area contributed by atoms with Gasteiger partial charge in [0.25, 0.3) is 0 Å². The van der Waals surface area contributed by atoms with Crippen LogP contribution in [0.15, 0.2) is 24.3 Å². The van der Waals surface area contributed by atoms with E-state index < -0.39 is 0 Å². The van der Waals surface area contributed by atoms with Crippen molar-refractivity contribution in [2.75, 3.05) is 33.4 Å². The predicted octanol–water partition coefficient (Wildman–Crippen LogP) is 3.05. The second-order valence-corrected chi connectivity index (χ2v) is 6.85. The minimum atomic E-state index is 0.400. The van der Waals surface area contributed by atoms with Crippen LogP contribution in [0.4, 0.5) is 0 Å². The lowest BCUT2D eigenvalue weighted by Gasteiger charge is -2.43. The Labute approximate surface area is 134 Å². The molecule has 0 aliphatic carbocycles. The third-order valence-corrected chi connectivity index (χ3v) is 5.29. The van der Waals surface area contributed by atoms with E-state index in [0.29, 0.717) is 18.1 Å². The summed E-state index contributed by atoms with van der Waals surface area (Å²) in [5, 5.41) is 0. The molecule has 0 unspecified atom stereocenters. The van der Waals surface area contributed by atoms with Crippen LogP contribution in [0.1, 0.15) is 30.4 Å². The van der Waals surface area contributed by atoms with Crippen molar-refractivity contribution in [3.8, 4) is 0 Å². The molecule has 22 heavy (non-hydrogen) atoms. The summed E-state index contributed by atoms with van der Waals surface area (Å²) < 4.78 is 11.3. The first-order valence-electron chi connectivity index (χ1n) is 8.66. The van der Waals surface area contributed by atoms with E-state index >= 15 is 0 Å². The Morgan fingerprint density at radius 2 is 2.05 bits per heavy atom. The number of likely N-dealkylation sites (tertiary alicyclic amines) is 1. The van der Waals surface area contributed by atoms with Gasteiger partial charge in [-0.15, -0.1) is 0 Å². The number of hydrogen-bond donors (Lipinski definition) is 0. The summed E-state index contributed by atoms with van der Waals surface area (Å²) in [7, 11) is 1.87. The molecule has 3 nitrogen and oxygen atoms in total. The number of benzene rings is 1. The van der Waals surface area contributed by atoms with Crippen LogP contribution >= 0.6 is 0 Å². The number of hydrogen-bond acceptors (Lipinski definition) is 3. The summed E-state index contributed by atoms with van der Waals surface area (Å²) in [6.07, 6.45) is 5.06. The smallest absolute Gasteiger partial charge is 0.0627 e. The summed E-state index contributed by atoms with van der Waals surface area (Å²) >= 11 is 0. The largest absolute Gasteiger partial charge is 0.381 e. The first kappa shape index (κ1) is 16.0. The normalized spacial score (nSPS) is 27.9. The number of rotatable bonds is 4. The van der Waals surface area contributed by atoms with E-state index in [9.17, 15) is 0 Å². The van der Waals surface area contributed by atoms with E-state index in [1.54, 1.807) is 0 Å². The van der Waals surface area contributed by atoms with Gasteiger partial charge in [0.1, 0.15) is 0 Å². The maximum Gasteiger partial charge on any atom is 0.0627 e. The molecule has 0 spiro atoms. The van der Waals surface area contributed by atoms with E-state index in [0.717, 1.165) is 32.6 Å². The van der Waals surface area contributed by atoms with Crippen molar-refractivity contribution < 1.29 is 9.47 Å². The van der Waals surface area contributed by atoms with E-state index in [1.807, 2.05) is 7.11 Å². The Balaban J connectivity index is 1.66. The van der Waals surface area contributed by atoms with Crippen LogP contribution in [-0.2, 0) is 15.9 Å². The summed E-state index contributed by atoms with van der Waals surface area (Å²) in [5.41, 5.74) is 2.80. The van der Waals surface area contributed by atoms with Gasteiger partial charge in [0.05, 0.1) is 6.10 Å². The maximum atomic E-state index is 5.79. The van der Waals surface area contributed by atoms with Crippen LogP contribution in [0.3, 0.4) is 0 Å². The van der Waals surface area contributed by atoms with Gasteiger partial charge in [-0.05, 0) is 38.2 Å². The molecule has 0 N–H and O–H groups in total. The Kier molecular flexibility index (Phi) is 5.51. The van der Waals surface area contributed by atoms with Crippen LogP contribution < -0.4 is 0 Å². The van der Waals surface area contributed by atoms with Crippen molar-refractivity contribution in [3.05, 3.63) is 35.4 Å². The third-order valence-electron chi connectivity index (χ3n) is 5.29. The third kappa shape index (κ3) is 3.89. The van der Waals surface area contributed by atoms with Crippen LogP contribution in [0.5, 0.6) is 0 Å². The molecule has 1 aromatic carbocycles. The first-order chi connectivity index (χ1) is 10.8. The van der Waals surface area contributed by atoms with Crippen molar-refractivity contribution >= 4 is 0 Å². The monoisotopic (exact) mass is 303 g/mol. The molecule has 0 bridgehead atoms. The molecule has 0 radical (unpaired) electrons. The van der Waals surface area contributed by atoms with Crippen molar-refractivity contribution in [1.82, 2.24) is 4.90 Å². The van der Waals surface area contributed by atoms with Gasteiger partial charge in [-0.1, -0.05) is 29.8 Å². The Morgan fingerprint density at radius 3 is 2.77 bits per heavy atom. The molecule has 3 rings (SSSR count). The first-order valence-corrected chi connectivity index (χ1v) is 8.66. The van der Waals surface area contributed by atoms with Crippen molar-refractivity contribution in [1.29, 1.82) is 0 Å². The zero-order valence-electron chi connectivity index (χ0n) is 14.0. The van der Waals surface area contributed by atoms with Crippen LogP contribution in [0.2, 0.25) is 0 Å². The van der Waals surface area contributed by atoms with Crippen LogP contribution in [-0.4, -0.2) is 50.5 Å². The quantitative estimate of drug-likeness (QED) is 0.853. The van der Waals surface area contributed by atoms with Gasteiger partial charge in [-0.3, -0.25) is 4.90 Å². The molecule has 2 atom stereocenters. The SMILES string of the molecule is CO[C@H]1CCN(C2CCOCC2)C[C@H]1Cc1cccc(C)c1. The number of aryl methyl sites for hydroxylation is 1. The number of ether oxygens (including phenoxy) is 2. The van der Waals surface area contributed by atoms with Crippen LogP contribution in [0, 0.1) is 12.8 Å². The molecule has 122 valence electrons. The predicted molar refractivity (Wildman–Crippen MR) is 89.2 cm³/mol. The molecule has 2 heterocycles. The highest BCUT2D eigenvalue weighted by atomic mass is 16.5. The number of methoxy groups -OCH3 is 1. The van der Waals surface area contributed by atoms with Gasteiger partial charge in [-0.25, -0.2) is 0 Å². The highest BCUT2D eigenvalue weighted by Crippen LogP contribution is 2.27. The zero-order chi connectivity index (χ0) is 15.4. The lowest BCUT2D eigenvalue weighted by molar-refractivity contribution is -0.0385. The molecule has 2 saturated heterocycles. The van der Waals surface area contributed by atoms with Gasteiger partial charge in [0.2, 0.25) is 0 Å². The van der Waals surface area contributed by atoms with E-state index in [2.05, 4.69) is 36.1 Å². The van der Waals surface area contributed by atoms with Gasteiger partial charge < -0.3 is 9.47 Å². The molecule has 2 aliphatic heterocycles. The molecular weight excluding hydrogens is 274 g/mol. The summed E-state index contributed by atoms with van der Waals surface area (Å²) in [4.78, 5) is 2.69. The van der Waals surface area contributed by atoms with Crippen molar-refractivity contribution in [2.24, 2.45) is 5.92 Å². The zero-order valence-corrected chi connectivity index (χ0v) is 14.0. The molecule has 0 saturated carbocycles. The molecule has 0 amide bonds. The fraction of sp³-hybridized carbons (Fsp3) is 0.684. The maximum absolute atomic E-state index is 5.79. The van der Waals surface area contributed by atoms with Gasteiger partial charge in [0, 0.05) is 45.4 Å². The van der Waals surface area contributed by atoms with Gasteiger partial charge >= 0.3 is 0 Å². The Hall–Kier alpha value is -0.900. The van der Waals surface area contributed by atoms with Crippen molar-refractivity contribution in [2.45, 2.75) is 44.8 Å². The van der Waals surface area contributed by atoms with E-state index in [1.165, 1.54) is 30.5 Å². The summed E-state index contributed by atoms with van der Waals surface area (Å²) in [5.74, 6) is 0.600. The minimum absolute atomic E-state index is 0.400. The molecular formula is C19H29NO2. The molecule has 2 fully saturated rings. The average Bonchev–Trinajstić information content (AvgIpc) is 2.56. The summed E-state index contributed by atoms with van der Waals surface area (Å²) in [6, 6.07) is 9.64. The standard InChI is InChI=1S/C19H29NO2/c1-15-4-3-5-16(12-15)13-17-14-20(9-6-19(17)21-2)18-7-10-22-11-8-18/h3-5,12,17-19H,6-11,13-14H2,1-2H3/t17-,19+/m1/s1. The number of piperidine rings is 1. The number of nitrogens with zero attached hydrogens (tertiary/aromatic N) is 1. The Bertz CT molecular complexity index is 470. The van der Waals surface area contributed by atoms with E-state index in [4.69, 9.17) is 9.47 Å². The molecule has 0 aromatic heterocycles. The molecule has 2 aliphatic rings. The highest BCUT2D eigenvalue weighted by Gasteiger charge is 2.33. The molecule has 1 aromatic rings. The highest BCUT2D eigenvalue weighted by molar-refractivity contribution is 5.23. The van der Waals surface area contributed by atoms with Gasteiger partial charge in [-0.2, -0.15) is 0 Å². The summed E-state index contributed by atoms with van der Waals surface area (Å²) in [6.45, 7) is 6.37. The second kappa shape index (κ2) is 7.58. The Morgan fingerprint density at radius 1 is 1.23 bits per heavy atom. The van der Waals surface area contributed by atoms with Crippen LogP contribution in [0.25, 0.3) is 0 Å². The molecule has 3 heteroatoms. The van der Waals surface area contributed by atoms with E-state index in [-0.39, 0.29) is 0 Å². The lowest BCUT2D eigenvalue weighted by atomic mass is 9.87.